The molecule has 1 aliphatic heterocycles. The summed E-state index contributed by atoms with van der Waals surface area (Å²) in [5, 5.41) is 3.07. The SMILES string of the molecule is COc1ccc(NC(=O)[C@H](OC(=O)c2ccc3c(c2)OCO3)c2ccccc2)cc1Cl. The van der Waals surface area contributed by atoms with E-state index in [-0.39, 0.29) is 12.4 Å². The summed E-state index contributed by atoms with van der Waals surface area (Å²) in [5.74, 6) is 0.276. The molecule has 7 nitrogen and oxygen atoms in total. The Morgan fingerprint density at radius 3 is 2.52 bits per heavy atom. The van der Waals surface area contributed by atoms with Crippen LogP contribution < -0.4 is 19.5 Å². The van der Waals surface area contributed by atoms with Crippen LogP contribution in [-0.2, 0) is 9.53 Å². The van der Waals surface area contributed by atoms with Crippen LogP contribution in [0.4, 0.5) is 5.69 Å². The summed E-state index contributed by atoms with van der Waals surface area (Å²) < 4.78 is 21.3. The van der Waals surface area contributed by atoms with Crippen molar-refractivity contribution in [3.63, 3.8) is 0 Å². The van der Waals surface area contributed by atoms with Crippen molar-refractivity contribution in [1.29, 1.82) is 0 Å². The molecule has 3 aromatic rings. The van der Waals surface area contributed by atoms with E-state index in [1.807, 2.05) is 0 Å². The van der Waals surface area contributed by atoms with Gasteiger partial charge in [0.15, 0.2) is 11.5 Å². The molecule has 158 valence electrons. The molecule has 8 heteroatoms. The quantitative estimate of drug-likeness (QED) is 0.564. The zero-order valence-electron chi connectivity index (χ0n) is 16.5. The van der Waals surface area contributed by atoms with Gasteiger partial charge in [0.1, 0.15) is 5.75 Å². The van der Waals surface area contributed by atoms with Crippen molar-refractivity contribution in [2.45, 2.75) is 6.10 Å². The Hall–Kier alpha value is -3.71. The molecule has 0 unspecified atom stereocenters. The third-order valence-corrected chi connectivity index (χ3v) is 4.89. The number of carbonyl (C=O) groups excluding carboxylic acids is 2. The van der Waals surface area contributed by atoms with Gasteiger partial charge in [-0.1, -0.05) is 41.9 Å². The van der Waals surface area contributed by atoms with E-state index >= 15 is 0 Å². The molecule has 0 spiro atoms. The number of rotatable bonds is 6. The first-order valence-electron chi connectivity index (χ1n) is 9.35. The Morgan fingerprint density at radius 2 is 1.77 bits per heavy atom. The normalized spacial score (nSPS) is 12.7. The number of esters is 1. The van der Waals surface area contributed by atoms with Gasteiger partial charge in [-0.05, 0) is 36.4 Å². The summed E-state index contributed by atoms with van der Waals surface area (Å²) in [5.41, 5.74) is 1.20. The van der Waals surface area contributed by atoms with E-state index in [2.05, 4.69) is 5.32 Å². The summed E-state index contributed by atoms with van der Waals surface area (Å²) in [6.45, 7) is 0.0906. The largest absolute Gasteiger partial charge is 0.495 e. The van der Waals surface area contributed by atoms with Crippen LogP contribution in [0.5, 0.6) is 17.2 Å². The van der Waals surface area contributed by atoms with E-state index in [1.54, 1.807) is 60.7 Å². The van der Waals surface area contributed by atoms with Crippen LogP contribution in [0, 0.1) is 0 Å². The van der Waals surface area contributed by atoms with Gasteiger partial charge in [-0.3, -0.25) is 4.79 Å². The Morgan fingerprint density at radius 1 is 1.00 bits per heavy atom. The van der Waals surface area contributed by atoms with Gasteiger partial charge in [-0.25, -0.2) is 4.79 Å². The van der Waals surface area contributed by atoms with Gasteiger partial charge in [0.05, 0.1) is 17.7 Å². The molecule has 4 rings (SSSR count). The molecule has 0 bridgehead atoms. The Kier molecular flexibility index (Phi) is 5.95. The van der Waals surface area contributed by atoms with E-state index in [0.717, 1.165) is 0 Å². The monoisotopic (exact) mass is 439 g/mol. The second-order valence-electron chi connectivity index (χ2n) is 6.60. The van der Waals surface area contributed by atoms with Crippen LogP contribution >= 0.6 is 11.6 Å². The van der Waals surface area contributed by atoms with Crippen molar-refractivity contribution < 1.29 is 28.5 Å². The minimum atomic E-state index is -1.18. The molecule has 0 saturated carbocycles. The second-order valence-corrected chi connectivity index (χ2v) is 7.01. The summed E-state index contributed by atoms with van der Waals surface area (Å²) >= 11 is 6.14. The van der Waals surface area contributed by atoms with Gasteiger partial charge in [-0.15, -0.1) is 0 Å². The number of nitrogens with one attached hydrogen (secondary N) is 1. The van der Waals surface area contributed by atoms with Gasteiger partial charge >= 0.3 is 5.97 Å². The number of hydrogen-bond acceptors (Lipinski definition) is 6. The van der Waals surface area contributed by atoms with Crippen LogP contribution in [-0.4, -0.2) is 25.8 Å². The summed E-state index contributed by atoms with van der Waals surface area (Å²) in [6, 6.07) is 18.3. The second kappa shape index (κ2) is 8.97. The number of amides is 1. The van der Waals surface area contributed by atoms with Crippen LogP contribution in [0.2, 0.25) is 5.02 Å². The van der Waals surface area contributed by atoms with Crippen LogP contribution in [0.3, 0.4) is 0 Å². The summed E-state index contributed by atoms with van der Waals surface area (Å²) in [7, 11) is 1.50. The van der Waals surface area contributed by atoms with Crippen molar-refractivity contribution in [2.75, 3.05) is 19.2 Å². The molecule has 31 heavy (non-hydrogen) atoms. The highest BCUT2D eigenvalue weighted by Crippen LogP contribution is 2.33. The smallest absolute Gasteiger partial charge is 0.339 e. The lowest BCUT2D eigenvalue weighted by Gasteiger charge is -2.18. The van der Waals surface area contributed by atoms with Crippen LogP contribution in [0.25, 0.3) is 0 Å². The highest BCUT2D eigenvalue weighted by Gasteiger charge is 2.27. The number of ether oxygens (including phenoxy) is 4. The minimum Gasteiger partial charge on any atom is -0.495 e. The molecule has 0 aromatic heterocycles. The standard InChI is InChI=1S/C23H18ClNO6/c1-28-18-10-8-16(12-17(18)24)25-22(26)21(14-5-3-2-4-6-14)31-23(27)15-7-9-19-20(11-15)30-13-29-19/h2-12,21H,13H2,1H3,(H,25,26)/t21-/m1/s1. The lowest BCUT2D eigenvalue weighted by molar-refractivity contribution is -0.125. The van der Waals surface area contributed by atoms with E-state index in [1.165, 1.54) is 13.2 Å². The summed E-state index contributed by atoms with van der Waals surface area (Å²) in [6.07, 6.45) is -1.18. The fraction of sp³-hybridized carbons (Fsp3) is 0.130. The topological polar surface area (TPSA) is 83.1 Å². The van der Waals surface area contributed by atoms with E-state index in [4.69, 9.17) is 30.5 Å². The first kappa shape index (κ1) is 20.6. The zero-order valence-corrected chi connectivity index (χ0v) is 17.2. The van der Waals surface area contributed by atoms with Crippen molar-refractivity contribution in [3.8, 4) is 17.2 Å². The number of carbonyl (C=O) groups is 2. The molecule has 1 aliphatic rings. The van der Waals surface area contributed by atoms with Crippen molar-refractivity contribution >= 4 is 29.2 Å². The molecular weight excluding hydrogens is 422 g/mol. The Labute approximate surface area is 183 Å². The van der Waals surface area contributed by atoms with E-state index in [0.29, 0.717) is 33.5 Å². The highest BCUT2D eigenvalue weighted by molar-refractivity contribution is 6.32. The maximum Gasteiger partial charge on any atom is 0.339 e. The van der Waals surface area contributed by atoms with Gasteiger partial charge < -0.3 is 24.3 Å². The first-order valence-corrected chi connectivity index (χ1v) is 9.73. The fourth-order valence-corrected chi connectivity index (χ4v) is 3.31. The van der Waals surface area contributed by atoms with Gasteiger partial charge in [0, 0.05) is 11.3 Å². The molecule has 0 saturated heterocycles. The molecule has 3 aromatic carbocycles. The molecule has 1 atom stereocenters. The maximum absolute atomic E-state index is 13.0. The molecule has 1 amide bonds. The maximum atomic E-state index is 13.0. The molecule has 0 radical (unpaired) electrons. The van der Waals surface area contributed by atoms with E-state index in [9.17, 15) is 9.59 Å². The highest BCUT2D eigenvalue weighted by atomic mass is 35.5. The van der Waals surface area contributed by atoms with E-state index < -0.39 is 18.0 Å². The Bertz CT molecular complexity index is 1120. The third-order valence-electron chi connectivity index (χ3n) is 4.59. The predicted octanol–water partition coefficient (Wildman–Crippen LogP) is 4.61. The molecule has 1 N–H and O–H groups in total. The van der Waals surface area contributed by atoms with Crippen molar-refractivity contribution in [1.82, 2.24) is 0 Å². The van der Waals surface area contributed by atoms with Crippen LogP contribution in [0.15, 0.2) is 66.7 Å². The zero-order chi connectivity index (χ0) is 21.8. The van der Waals surface area contributed by atoms with Gasteiger partial charge in [0.2, 0.25) is 12.9 Å². The van der Waals surface area contributed by atoms with Crippen LogP contribution in [0.1, 0.15) is 22.0 Å². The predicted molar refractivity (Wildman–Crippen MR) is 114 cm³/mol. The fourth-order valence-electron chi connectivity index (χ4n) is 3.05. The first-order chi connectivity index (χ1) is 15.0. The average Bonchev–Trinajstić information content (AvgIpc) is 3.26. The lowest BCUT2D eigenvalue weighted by Crippen LogP contribution is -2.26. The minimum absolute atomic E-state index is 0.0906. The van der Waals surface area contributed by atoms with Crippen molar-refractivity contribution in [3.05, 3.63) is 82.9 Å². The molecular formula is C23H18ClNO6. The number of fused-ring (bicyclic) bond motifs is 1. The number of benzene rings is 3. The van der Waals surface area contributed by atoms with Gasteiger partial charge in [-0.2, -0.15) is 0 Å². The number of methoxy groups -OCH3 is 1. The molecule has 0 fully saturated rings. The van der Waals surface area contributed by atoms with Gasteiger partial charge in [0.25, 0.3) is 5.91 Å². The van der Waals surface area contributed by atoms with Crippen molar-refractivity contribution in [2.24, 2.45) is 0 Å². The number of halogens is 1. The summed E-state index contributed by atoms with van der Waals surface area (Å²) in [4.78, 5) is 25.8. The number of hydrogen-bond donors (Lipinski definition) is 1. The third kappa shape index (κ3) is 4.57. The lowest BCUT2D eigenvalue weighted by atomic mass is 10.1. The Balaban J connectivity index is 1.56. The molecule has 1 heterocycles. The molecule has 0 aliphatic carbocycles. The average molecular weight is 440 g/mol. The number of anilines is 1.